The Kier molecular flexibility index (Phi) is 5.77. The predicted octanol–water partition coefficient (Wildman–Crippen LogP) is 3.88. The smallest absolute Gasteiger partial charge is 0.247 e. The van der Waals surface area contributed by atoms with E-state index in [1.54, 1.807) is 4.90 Å². The lowest BCUT2D eigenvalue weighted by molar-refractivity contribution is -0.137. The Morgan fingerprint density at radius 1 is 1.04 bits per heavy atom. The Bertz CT molecular complexity index is 680. The average molecular weight is 370 g/mol. The van der Waals surface area contributed by atoms with Gasteiger partial charge in [-0.25, -0.2) is 0 Å². The van der Waals surface area contributed by atoms with Crippen LogP contribution >= 0.6 is 0 Å². The maximum Gasteiger partial charge on any atom is 0.247 e. The molecule has 1 aromatic rings. The summed E-state index contributed by atoms with van der Waals surface area (Å²) in [7, 11) is 0. The first-order valence-corrected chi connectivity index (χ1v) is 10.5. The number of carbonyl (C=O) groups is 2. The van der Waals surface area contributed by atoms with Crippen molar-refractivity contribution in [3.63, 3.8) is 0 Å². The number of benzene rings is 1. The fourth-order valence-corrected chi connectivity index (χ4v) is 4.28. The zero-order valence-corrected chi connectivity index (χ0v) is 16.0. The highest BCUT2D eigenvalue weighted by atomic mass is 16.5. The summed E-state index contributed by atoms with van der Waals surface area (Å²) in [6, 6.07) is 7.57. The summed E-state index contributed by atoms with van der Waals surface area (Å²) in [6.07, 6.45) is 10.2. The van der Waals surface area contributed by atoms with Crippen LogP contribution in [0.3, 0.4) is 0 Å². The number of hydrogen-bond donors (Lipinski definition) is 1. The first-order chi connectivity index (χ1) is 13.2. The van der Waals surface area contributed by atoms with Gasteiger partial charge in [-0.15, -0.1) is 0 Å². The molecule has 1 saturated heterocycles. The number of nitrogens with zero attached hydrogens (tertiary/aromatic N) is 1. The van der Waals surface area contributed by atoms with Crippen LogP contribution in [0.4, 0.5) is 5.69 Å². The molecular formula is C22H30N2O3. The van der Waals surface area contributed by atoms with Crippen LogP contribution in [0.25, 0.3) is 0 Å². The molecule has 1 heterocycles. The molecule has 1 N–H and O–H groups in total. The van der Waals surface area contributed by atoms with Crippen LogP contribution in [-0.2, 0) is 20.9 Å². The molecule has 146 valence electrons. The van der Waals surface area contributed by atoms with Gasteiger partial charge in [-0.2, -0.15) is 0 Å². The third kappa shape index (κ3) is 4.70. The molecule has 2 aliphatic carbocycles. The maximum absolute atomic E-state index is 12.8. The van der Waals surface area contributed by atoms with E-state index in [1.165, 1.54) is 19.3 Å². The van der Waals surface area contributed by atoms with E-state index in [1.807, 2.05) is 24.3 Å². The van der Waals surface area contributed by atoms with Crippen molar-refractivity contribution in [2.24, 2.45) is 5.92 Å². The molecule has 2 amide bonds. The van der Waals surface area contributed by atoms with Crippen LogP contribution in [0.2, 0.25) is 0 Å². The van der Waals surface area contributed by atoms with Gasteiger partial charge in [0.1, 0.15) is 6.04 Å². The summed E-state index contributed by atoms with van der Waals surface area (Å²) in [5, 5.41) is 3.02. The first-order valence-electron chi connectivity index (χ1n) is 10.5. The van der Waals surface area contributed by atoms with E-state index in [0.29, 0.717) is 19.3 Å². The number of amides is 2. The highest BCUT2D eigenvalue weighted by molar-refractivity contribution is 5.98. The van der Waals surface area contributed by atoms with Gasteiger partial charge in [0.2, 0.25) is 11.8 Å². The van der Waals surface area contributed by atoms with Gasteiger partial charge in [0.05, 0.1) is 12.7 Å². The van der Waals surface area contributed by atoms with Crippen LogP contribution in [0.5, 0.6) is 0 Å². The second-order valence-corrected chi connectivity index (χ2v) is 8.22. The van der Waals surface area contributed by atoms with Crippen molar-refractivity contribution < 1.29 is 14.3 Å². The van der Waals surface area contributed by atoms with Gasteiger partial charge in [0.25, 0.3) is 0 Å². The number of hydrogen-bond acceptors (Lipinski definition) is 3. The third-order valence-electron chi connectivity index (χ3n) is 6.00. The zero-order chi connectivity index (χ0) is 18.6. The fraction of sp³-hybridized carbons (Fsp3) is 0.636. The van der Waals surface area contributed by atoms with Crippen LogP contribution in [0.15, 0.2) is 24.3 Å². The monoisotopic (exact) mass is 370 g/mol. The van der Waals surface area contributed by atoms with Crippen molar-refractivity contribution in [3.05, 3.63) is 29.8 Å². The lowest BCUT2D eigenvalue weighted by Crippen LogP contribution is -2.43. The van der Waals surface area contributed by atoms with E-state index in [9.17, 15) is 9.59 Å². The number of rotatable bonds is 6. The summed E-state index contributed by atoms with van der Waals surface area (Å²) >= 11 is 0. The summed E-state index contributed by atoms with van der Waals surface area (Å²) < 4.78 is 6.04. The van der Waals surface area contributed by atoms with Gasteiger partial charge in [-0.05, 0) is 56.2 Å². The molecule has 4 rings (SSSR count). The minimum Gasteiger partial charge on any atom is -0.374 e. The van der Waals surface area contributed by atoms with Crippen LogP contribution in [0.1, 0.15) is 63.4 Å². The molecule has 1 atom stereocenters. The van der Waals surface area contributed by atoms with Gasteiger partial charge >= 0.3 is 0 Å². The topological polar surface area (TPSA) is 58.6 Å². The molecule has 0 aromatic heterocycles. The van der Waals surface area contributed by atoms with Crippen LogP contribution < -0.4 is 5.32 Å². The molecule has 27 heavy (non-hydrogen) atoms. The molecule has 5 nitrogen and oxygen atoms in total. The third-order valence-corrected chi connectivity index (χ3v) is 6.00. The quantitative estimate of drug-likeness (QED) is 0.827. The van der Waals surface area contributed by atoms with E-state index in [2.05, 4.69) is 5.32 Å². The van der Waals surface area contributed by atoms with Crippen molar-refractivity contribution in [1.82, 2.24) is 4.90 Å². The summed E-state index contributed by atoms with van der Waals surface area (Å²) in [6.45, 7) is 1.30. The minimum absolute atomic E-state index is 0.0631. The number of carbonyl (C=O) groups excluding carboxylic acids is 2. The van der Waals surface area contributed by atoms with E-state index in [4.69, 9.17) is 4.74 Å². The molecule has 5 heteroatoms. The molecular weight excluding hydrogens is 340 g/mol. The lowest BCUT2D eigenvalue weighted by atomic mass is 9.98. The normalized spacial score (nSPS) is 23.4. The predicted molar refractivity (Wildman–Crippen MR) is 104 cm³/mol. The average Bonchev–Trinajstić information content (AvgIpc) is 3.43. The molecule has 0 spiro atoms. The standard InChI is InChI=1S/C22H30N2O3/c25-21(20-10-5-13-24(20)22(26)17-11-12-17)23-18-7-4-6-16(14-18)15-27-19-8-2-1-3-9-19/h4,6-7,14,17,19-20H,1-3,5,8-13,15H2,(H,23,25). The Morgan fingerprint density at radius 3 is 2.63 bits per heavy atom. The minimum atomic E-state index is -0.319. The Balaban J connectivity index is 1.33. The largest absolute Gasteiger partial charge is 0.374 e. The van der Waals surface area contributed by atoms with Gasteiger partial charge < -0.3 is 15.0 Å². The number of likely N-dealkylation sites (tertiary alicyclic amines) is 1. The van der Waals surface area contributed by atoms with E-state index in [-0.39, 0.29) is 23.8 Å². The van der Waals surface area contributed by atoms with Crippen molar-refractivity contribution in [2.75, 3.05) is 11.9 Å². The first kappa shape index (κ1) is 18.5. The Labute approximate surface area is 161 Å². The van der Waals surface area contributed by atoms with Crippen molar-refractivity contribution in [2.45, 2.75) is 76.5 Å². The van der Waals surface area contributed by atoms with Crippen molar-refractivity contribution >= 4 is 17.5 Å². The summed E-state index contributed by atoms with van der Waals surface area (Å²) in [4.78, 5) is 26.9. The Morgan fingerprint density at radius 2 is 1.85 bits per heavy atom. The zero-order valence-electron chi connectivity index (χ0n) is 16.0. The number of nitrogens with one attached hydrogen (secondary N) is 1. The number of anilines is 1. The van der Waals surface area contributed by atoms with Gasteiger partial charge in [0, 0.05) is 18.2 Å². The van der Waals surface area contributed by atoms with Gasteiger partial charge in [-0.1, -0.05) is 31.4 Å². The molecule has 3 aliphatic rings. The van der Waals surface area contributed by atoms with Crippen molar-refractivity contribution in [3.8, 4) is 0 Å². The second-order valence-electron chi connectivity index (χ2n) is 8.22. The molecule has 1 unspecified atom stereocenters. The fourth-order valence-electron chi connectivity index (χ4n) is 4.28. The lowest BCUT2D eigenvalue weighted by Gasteiger charge is -2.24. The summed E-state index contributed by atoms with van der Waals surface area (Å²) in [5.41, 5.74) is 1.87. The molecule has 1 aliphatic heterocycles. The highest BCUT2D eigenvalue weighted by Crippen LogP contribution is 2.34. The number of ether oxygens (including phenoxy) is 1. The molecule has 2 saturated carbocycles. The van der Waals surface area contributed by atoms with Crippen LogP contribution in [0, 0.1) is 5.92 Å². The highest BCUT2D eigenvalue weighted by Gasteiger charge is 2.40. The van der Waals surface area contributed by atoms with E-state index in [0.717, 1.165) is 49.8 Å². The van der Waals surface area contributed by atoms with E-state index < -0.39 is 0 Å². The second kappa shape index (κ2) is 8.42. The molecule has 0 radical (unpaired) electrons. The van der Waals surface area contributed by atoms with Gasteiger partial charge in [-0.3, -0.25) is 9.59 Å². The van der Waals surface area contributed by atoms with Crippen LogP contribution in [-0.4, -0.2) is 35.4 Å². The van der Waals surface area contributed by atoms with Gasteiger partial charge in [0.15, 0.2) is 0 Å². The molecule has 1 aromatic carbocycles. The SMILES string of the molecule is O=C(Nc1cccc(COC2CCCCC2)c1)C1CCCN1C(=O)C1CC1. The summed E-state index contributed by atoms with van der Waals surface area (Å²) in [5.74, 6) is 0.271. The maximum atomic E-state index is 12.8. The van der Waals surface area contributed by atoms with Crippen molar-refractivity contribution in [1.29, 1.82) is 0 Å². The molecule has 0 bridgehead atoms. The van der Waals surface area contributed by atoms with E-state index >= 15 is 0 Å². The molecule has 3 fully saturated rings. The Hall–Kier alpha value is -1.88.